The summed E-state index contributed by atoms with van der Waals surface area (Å²) in [6, 6.07) is 10.3. The molecule has 19 heavy (non-hydrogen) atoms. The van der Waals surface area contributed by atoms with Crippen LogP contribution < -0.4 is 4.74 Å². The Morgan fingerprint density at radius 3 is 2.89 bits per heavy atom. The van der Waals surface area contributed by atoms with E-state index in [4.69, 9.17) is 4.74 Å². The fourth-order valence-electron chi connectivity index (χ4n) is 2.45. The largest absolute Gasteiger partial charge is 0.486 e. The molecule has 1 fully saturated rings. The zero-order chi connectivity index (χ0) is 13.1. The third-order valence-corrected chi connectivity index (χ3v) is 3.45. The summed E-state index contributed by atoms with van der Waals surface area (Å²) in [6.45, 7) is 2.90. The summed E-state index contributed by atoms with van der Waals surface area (Å²) in [6.07, 6.45) is 5.19. The molecule has 1 atom stereocenters. The molecular weight excluding hydrogens is 238 g/mol. The van der Waals surface area contributed by atoms with Crippen LogP contribution in [0, 0.1) is 0 Å². The Hall–Kier alpha value is -1.81. The van der Waals surface area contributed by atoms with E-state index in [1.165, 1.54) is 5.56 Å². The number of benzene rings is 1. The number of nitrogens with zero attached hydrogens (tertiary/aromatic N) is 3. The second-order valence-electron chi connectivity index (χ2n) is 5.15. The molecule has 1 aliphatic heterocycles. The van der Waals surface area contributed by atoms with Gasteiger partial charge in [0, 0.05) is 13.1 Å². The average Bonchev–Trinajstić information content (AvgIpc) is 3.01. The maximum atomic E-state index is 5.94. The molecule has 0 radical (unpaired) electrons. The zero-order valence-electron chi connectivity index (χ0n) is 11.2. The van der Waals surface area contributed by atoms with E-state index in [0.717, 1.165) is 31.8 Å². The summed E-state index contributed by atoms with van der Waals surface area (Å²) < 4.78 is 7.86. The lowest BCUT2D eigenvalue weighted by molar-refractivity contribution is 0.208. The minimum absolute atomic E-state index is 0.305. The van der Waals surface area contributed by atoms with E-state index < -0.39 is 0 Å². The van der Waals surface area contributed by atoms with Crippen LogP contribution >= 0.6 is 0 Å². The fraction of sp³-hybridized carbons (Fsp3) is 0.400. The molecule has 0 bridgehead atoms. The molecule has 0 aliphatic carbocycles. The van der Waals surface area contributed by atoms with Crippen LogP contribution in [0.1, 0.15) is 12.0 Å². The summed E-state index contributed by atoms with van der Waals surface area (Å²) in [7, 11) is 2.13. The highest BCUT2D eigenvalue weighted by atomic mass is 16.5. The molecule has 1 aromatic carbocycles. The normalized spacial score (nSPS) is 19.7. The quantitative estimate of drug-likeness (QED) is 0.839. The van der Waals surface area contributed by atoms with Crippen LogP contribution in [-0.4, -0.2) is 40.9 Å². The van der Waals surface area contributed by atoms with Gasteiger partial charge in [-0.2, -0.15) is 5.10 Å². The van der Waals surface area contributed by atoms with Crippen molar-refractivity contribution in [1.82, 2.24) is 14.7 Å². The molecule has 0 saturated carbocycles. The van der Waals surface area contributed by atoms with Crippen LogP contribution in [0.5, 0.6) is 5.75 Å². The van der Waals surface area contributed by atoms with Gasteiger partial charge in [-0.05, 0) is 19.0 Å². The molecule has 100 valence electrons. The number of hydrogen-bond donors (Lipinski definition) is 0. The molecule has 1 saturated heterocycles. The van der Waals surface area contributed by atoms with Gasteiger partial charge >= 0.3 is 0 Å². The first-order valence-electron chi connectivity index (χ1n) is 6.71. The molecule has 0 spiro atoms. The zero-order valence-corrected chi connectivity index (χ0v) is 11.2. The maximum Gasteiger partial charge on any atom is 0.157 e. The Morgan fingerprint density at radius 2 is 2.16 bits per heavy atom. The van der Waals surface area contributed by atoms with Crippen molar-refractivity contribution in [3.05, 3.63) is 48.3 Å². The van der Waals surface area contributed by atoms with Crippen molar-refractivity contribution in [3.8, 4) is 5.75 Å². The summed E-state index contributed by atoms with van der Waals surface area (Å²) in [5.74, 6) is 0.872. The van der Waals surface area contributed by atoms with Gasteiger partial charge < -0.3 is 9.64 Å². The molecule has 1 unspecified atom stereocenters. The minimum atomic E-state index is 0.305. The third kappa shape index (κ3) is 3.15. The predicted octanol–water partition coefficient (Wildman–Crippen LogP) is 2.01. The summed E-state index contributed by atoms with van der Waals surface area (Å²) >= 11 is 0. The second kappa shape index (κ2) is 5.45. The van der Waals surface area contributed by atoms with Crippen LogP contribution in [-0.2, 0) is 6.54 Å². The first-order valence-corrected chi connectivity index (χ1v) is 6.71. The summed E-state index contributed by atoms with van der Waals surface area (Å²) in [5.41, 5.74) is 1.25. The van der Waals surface area contributed by atoms with Crippen LogP contribution in [0.15, 0.2) is 42.7 Å². The third-order valence-electron chi connectivity index (χ3n) is 3.45. The smallest absolute Gasteiger partial charge is 0.157 e. The first-order chi connectivity index (χ1) is 9.29. The number of rotatable bonds is 4. The molecular formula is C15H19N3O. The lowest BCUT2D eigenvalue weighted by Crippen LogP contribution is -2.21. The average molecular weight is 257 g/mol. The fourth-order valence-corrected chi connectivity index (χ4v) is 2.45. The van der Waals surface area contributed by atoms with Crippen molar-refractivity contribution in [1.29, 1.82) is 0 Å². The van der Waals surface area contributed by atoms with Crippen LogP contribution in [0.25, 0.3) is 0 Å². The van der Waals surface area contributed by atoms with Gasteiger partial charge in [-0.15, -0.1) is 0 Å². The van der Waals surface area contributed by atoms with Gasteiger partial charge in [0.05, 0.1) is 18.9 Å². The Kier molecular flexibility index (Phi) is 3.51. The number of likely N-dealkylation sites (tertiary alicyclic amines) is 1. The van der Waals surface area contributed by atoms with Gasteiger partial charge in [-0.3, -0.25) is 4.68 Å². The van der Waals surface area contributed by atoms with Crippen LogP contribution in [0.2, 0.25) is 0 Å². The summed E-state index contributed by atoms with van der Waals surface area (Å²) in [5, 5.41) is 4.35. The number of aromatic nitrogens is 2. The van der Waals surface area contributed by atoms with Gasteiger partial charge in [0.25, 0.3) is 0 Å². The van der Waals surface area contributed by atoms with Crippen molar-refractivity contribution >= 4 is 0 Å². The van der Waals surface area contributed by atoms with Crippen molar-refractivity contribution in [2.75, 3.05) is 20.1 Å². The van der Waals surface area contributed by atoms with E-state index in [1.807, 2.05) is 29.1 Å². The SMILES string of the molecule is CN1CCC(Oc2cnn(Cc3ccccc3)c2)C1. The van der Waals surface area contributed by atoms with E-state index in [2.05, 4.69) is 29.2 Å². The maximum absolute atomic E-state index is 5.94. The van der Waals surface area contributed by atoms with E-state index in [9.17, 15) is 0 Å². The Labute approximate surface area is 113 Å². The molecule has 0 N–H and O–H groups in total. The van der Waals surface area contributed by atoms with Gasteiger partial charge in [0.2, 0.25) is 0 Å². The van der Waals surface area contributed by atoms with Crippen molar-refractivity contribution < 1.29 is 4.74 Å². The molecule has 3 rings (SSSR count). The van der Waals surface area contributed by atoms with E-state index in [0.29, 0.717) is 6.10 Å². The number of hydrogen-bond acceptors (Lipinski definition) is 3. The van der Waals surface area contributed by atoms with Gasteiger partial charge in [-0.25, -0.2) is 0 Å². The lowest BCUT2D eigenvalue weighted by atomic mass is 10.2. The molecule has 1 aromatic heterocycles. The summed E-state index contributed by atoms with van der Waals surface area (Å²) in [4.78, 5) is 2.29. The van der Waals surface area contributed by atoms with Gasteiger partial charge in [0.1, 0.15) is 6.10 Å². The molecule has 2 aromatic rings. The van der Waals surface area contributed by atoms with Gasteiger partial charge in [0.15, 0.2) is 5.75 Å². The monoisotopic (exact) mass is 257 g/mol. The number of likely N-dealkylation sites (N-methyl/N-ethyl adjacent to an activating group) is 1. The molecule has 4 nitrogen and oxygen atoms in total. The highest BCUT2D eigenvalue weighted by Crippen LogP contribution is 2.17. The topological polar surface area (TPSA) is 30.3 Å². The van der Waals surface area contributed by atoms with Crippen LogP contribution in [0.3, 0.4) is 0 Å². The Bertz CT molecular complexity index is 523. The second-order valence-corrected chi connectivity index (χ2v) is 5.15. The lowest BCUT2D eigenvalue weighted by Gasteiger charge is -2.11. The molecule has 0 amide bonds. The highest BCUT2D eigenvalue weighted by molar-refractivity contribution is 5.17. The molecule has 4 heteroatoms. The van der Waals surface area contributed by atoms with Crippen molar-refractivity contribution in [3.63, 3.8) is 0 Å². The van der Waals surface area contributed by atoms with E-state index in [-0.39, 0.29) is 0 Å². The van der Waals surface area contributed by atoms with Crippen LogP contribution in [0.4, 0.5) is 0 Å². The predicted molar refractivity (Wildman–Crippen MR) is 74.3 cm³/mol. The molecule has 1 aliphatic rings. The Balaban J connectivity index is 1.60. The van der Waals surface area contributed by atoms with E-state index in [1.54, 1.807) is 6.20 Å². The van der Waals surface area contributed by atoms with Gasteiger partial charge in [-0.1, -0.05) is 30.3 Å². The van der Waals surface area contributed by atoms with Crippen molar-refractivity contribution in [2.24, 2.45) is 0 Å². The van der Waals surface area contributed by atoms with Crippen molar-refractivity contribution in [2.45, 2.75) is 19.1 Å². The number of ether oxygens (including phenoxy) is 1. The standard InChI is InChI=1S/C15H19N3O/c1-17-8-7-14(11-17)19-15-9-16-18(12-15)10-13-5-3-2-4-6-13/h2-6,9,12,14H,7-8,10-11H2,1H3. The van der Waals surface area contributed by atoms with E-state index >= 15 is 0 Å². The highest BCUT2D eigenvalue weighted by Gasteiger charge is 2.21. The Morgan fingerprint density at radius 1 is 1.32 bits per heavy atom. The molecule has 2 heterocycles. The first kappa shape index (κ1) is 12.2. The minimum Gasteiger partial charge on any atom is -0.486 e.